The second kappa shape index (κ2) is 5.65. The summed E-state index contributed by atoms with van der Waals surface area (Å²) in [6, 6.07) is 10.4. The second-order valence-electron chi connectivity index (χ2n) is 3.44. The fraction of sp³-hybridized carbons (Fsp3) is 0.0769. The van der Waals surface area contributed by atoms with Gasteiger partial charge in [-0.3, -0.25) is 0 Å². The molecule has 0 amide bonds. The maximum absolute atomic E-state index is 8.94. The molecule has 0 saturated heterocycles. The van der Waals surface area contributed by atoms with Gasteiger partial charge in [-0.25, -0.2) is 0 Å². The second-order valence-corrected chi connectivity index (χ2v) is 3.44. The Labute approximate surface area is 99.0 Å². The summed E-state index contributed by atoms with van der Waals surface area (Å²) in [5.41, 5.74) is 0.525. The molecule has 0 bridgehead atoms. The van der Waals surface area contributed by atoms with Crippen LogP contribution in [0, 0.1) is 6.92 Å². The number of benzene rings is 2. The van der Waals surface area contributed by atoms with E-state index in [0.717, 1.165) is 0 Å². The Kier molecular flexibility index (Phi) is 4.22. The highest BCUT2D eigenvalue weighted by Gasteiger charge is 1.97. The quantitative estimate of drug-likeness (QED) is 0.528. The molecule has 0 atom stereocenters. The van der Waals surface area contributed by atoms with Crippen LogP contribution >= 0.6 is 0 Å². The summed E-state index contributed by atoms with van der Waals surface area (Å²) in [4.78, 5) is 0. The van der Waals surface area contributed by atoms with E-state index in [2.05, 4.69) is 0 Å². The lowest BCUT2D eigenvalue weighted by atomic mass is 10.2. The van der Waals surface area contributed by atoms with Gasteiger partial charge in [-0.05, 0) is 43.3 Å². The molecule has 2 aromatic rings. The number of hydrogen-bond acceptors (Lipinski definition) is 4. The maximum Gasteiger partial charge on any atom is 0.122 e. The van der Waals surface area contributed by atoms with Gasteiger partial charge in [0, 0.05) is 5.56 Å². The first kappa shape index (κ1) is 12.7. The molecular formula is C13H14O4. The van der Waals surface area contributed by atoms with Crippen molar-refractivity contribution in [2.24, 2.45) is 0 Å². The van der Waals surface area contributed by atoms with Crippen LogP contribution in [0.2, 0.25) is 0 Å². The van der Waals surface area contributed by atoms with Crippen molar-refractivity contribution in [2.45, 2.75) is 6.92 Å². The van der Waals surface area contributed by atoms with Gasteiger partial charge in [0.05, 0.1) is 0 Å². The van der Waals surface area contributed by atoms with Crippen molar-refractivity contribution in [1.29, 1.82) is 0 Å². The fourth-order valence-electron chi connectivity index (χ4n) is 1.06. The third kappa shape index (κ3) is 3.95. The first-order valence-electron chi connectivity index (χ1n) is 4.96. The normalized spacial score (nSPS) is 9.24. The maximum atomic E-state index is 8.94. The van der Waals surface area contributed by atoms with Crippen molar-refractivity contribution in [3.05, 3.63) is 48.0 Å². The summed E-state index contributed by atoms with van der Waals surface area (Å²) in [7, 11) is 0. The van der Waals surface area contributed by atoms with Gasteiger partial charge in [0.25, 0.3) is 0 Å². The minimum absolute atomic E-state index is 0.134. The molecule has 0 aromatic heterocycles. The van der Waals surface area contributed by atoms with E-state index in [9.17, 15) is 0 Å². The molecule has 0 aliphatic heterocycles. The number of hydrogen-bond donors (Lipinski definition) is 4. The molecule has 4 heteroatoms. The molecule has 0 radical (unpaired) electrons. The smallest absolute Gasteiger partial charge is 0.122 e. The highest BCUT2D eigenvalue weighted by atomic mass is 16.3. The largest absolute Gasteiger partial charge is 0.508 e. The molecule has 0 saturated carbocycles. The van der Waals surface area contributed by atoms with Gasteiger partial charge in [0.15, 0.2) is 0 Å². The Morgan fingerprint density at radius 3 is 1.29 bits per heavy atom. The number of aromatic hydroxyl groups is 4. The Morgan fingerprint density at radius 2 is 1.00 bits per heavy atom. The lowest BCUT2D eigenvalue weighted by molar-refractivity contribution is 0.443. The number of phenolic OH excluding ortho intramolecular Hbond substituents is 4. The van der Waals surface area contributed by atoms with Crippen LogP contribution in [0.25, 0.3) is 0 Å². The van der Waals surface area contributed by atoms with E-state index < -0.39 is 0 Å². The predicted molar refractivity (Wildman–Crippen MR) is 64.3 cm³/mol. The molecule has 17 heavy (non-hydrogen) atoms. The van der Waals surface area contributed by atoms with Gasteiger partial charge in [-0.2, -0.15) is 0 Å². The molecule has 0 aliphatic rings. The average molecular weight is 234 g/mol. The van der Waals surface area contributed by atoms with Crippen LogP contribution in [0.3, 0.4) is 0 Å². The molecule has 0 heterocycles. The molecule has 0 aliphatic carbocycles. The van der Waals surface area contributed by atoms with E-state index in [1.54, 1.807) is 13.0 Å². The summed E-state index contributed by atoms with van der Waals surface area (Å²) in [6.07, 6.45) is 0. The minimum atomic E-state index is 0.134. The Bertz CT molecular complexity index is 436. The van der Waals surface area contributed by atoms with Gasteiger partial charge in [0.1, 0.15) is 23.0 Å². The van der Waals surface area contributed by atoms with Gasteiger partial charge in [-0.1, -0.05) is 6.07 Å². The van der Waals surface area contributed by atoms with Gasteiger partial charge in [-0.15, -0.1) is 0 Å². The average Bonchev–Trinajstić information content (AvgIpc) is 2.31. The van der Waals surface area contributed by atoms with Crippen molar-refractivity contribution in [1.82, 2.24) is 0 Å². The zero-order valence-electron chi connectivity index (χ0n) is 9.33. The van der Waals surface area contributed by atoms with Crippen LogP contribution in [-0.2, 0) is 0 Å². The van der Waals surface area contributed by atoms with Crippen LogP contribution < -0.4 is 0 Å². The van der Waals surface area contributed by atoms with Crippen LogP contribution in [0.1, 0.15) is 5.56 Å². The summed E-state index contributed by atoms with van der Waals surface area (Å²) >= 11 is 0. The zero-order valence-corrected chi connectivity index (χ0v) is 9.33. The fourth-order valence-corrected chi connectivity index (χ4v) is 1.06. The molecule has 0 fully saturated rings. The van der Waals surface area contributed by atoms with E-state index >= 15 is 0 Å². The van der Waals surface area contributed by atoms with E-state index in [4.69, 9.17) is 20.4 Å². The van der Waals surface area contributed by atoms with Crippen molar-refractivity contribution in [3.8, 4) is 23.0 Å². The summed E-state index contributed by atoms with van der Waals surface area (Å²) in [5, 5.41) is 35.2. The SMILES string of the molecule is Cc1c(O)cccc1O.Oc1ccc(O)cc1. The molecule has 0 unspecified atom stereocenters. The third-order valence-corrected chi connectivity index (χ3v) is 2.13. The Hall–Kier alpha value is -2.36. The third-order valence-electron chi connectivity index (χ3n) is 2.13. The molecule has 2 aromatic carbocycles. The standard InChI is InChI=1S/C7H8O2.C6H6O2/c1-5-6(8)3-2-4-7(5)9;7-5-1-2-6(8)4-3-5/h2-4,8-9H,1H3;1-4,7-8H. The number of rotatable bonds is 0. The summed E-state index contributed by atoms with van der Waals surface area (Å²) < 4.78 is 0. The summed E-state index contributed by atoms with van der Waals surface area (Å²) in [6.45, 7) is 1.66. The monoisotopic (exact) mass is 234 g/mol. The minimum Gasteiger partial charge on any atom is -0.508 e. The number of phenols is 4. The Morgan fingerprint density at radius 1 is 0.647 bits per heavy atom. The lowest BCUT2D eigenvalue weighted by Gasteiger charge is -1.98. The Balaban J connectivity index is 0.000000171. The van der Waals surface area contributed by atoms with Gasteiger partial charge >= 0.3 is 0 Å². The van der Waals surface area contributed by atoms with Crippen molar-refractivity contribution in [3.63, 3.8) is 0 Å². The van der Waals surface area contributed by atoms with Crippen molar-refractivity contribution in [2.75, 3.05) is 0 Å². The molecular weight excluding hydrogens is 220 g/mol. The highest BCUT2D eigenvalue weighted by Crippen LogP contribution is 2.23. The first-order valence-corrected chi connectivity index (χ1v) is 4.96. The summed E-state index contributed by atoms with van der Waals surface area (Å²) in [5.74, 6) is 0.607. The van der Waals surface area contributed by atoms with Gasteiger partial charge < -0.3 is 20.4 Å². The highest BCUT2D eigenvalue weighted by molar-refractivity contribution is 5.41. The van der Waals surface area contributed by atoms with Crippen LogP contribution in [-0.4, -0.2) is 20.4 Å². The van der Waals surface area contributed by atoms with E-state index in [0.29, 0.717) is 5.56 Å². The topological polar surface area (TPSA) is 80.9 Å². The van der Waals surface area contributed by atoms with Crippen LogP contribution in [0.15, 0.2) is 42.5 Å². The molecule has 90 valence electrons. The lowest BCUT2D eigenvalue weighted by Crippen LogP contribution is -1.73. The van der Waals surface area contributed by atoms with E-state index in [1.807, 2.05) is 0 Å². The van der Waals surface area contributed by atoms with Crippen molar-refractivity contribution >= 4 is 0 Å². The van der Waals surface area contributed by atoms with Crippen molar-refractivity contribution < 1.29 is 20.4 Å². The van der Waals surface area contributed by atoms with Crippen LogP contribution in [0.5, 0.6) is 23.0 Å². The van der Waals surface area contributed by atoms with Gasteiger partial charge in [0.2, 0.25) is 0 Å². The van der Waals surface area contributed by atoms with Crippen LogP contribution in [0.4, 0.5) is 0 Å². The molecule has 4 nitrogen and oxygen atoms in total. The molecule has 2 rings (SSSR count). The molecule has 0 spiro atoms. The molecule has 4 N–H and O–H groups in total. The predicted octanol–water partition coefficient (Wildman–Crippen LogP) is 2.50. The van der Waals surface area contributed by atoms with E-state index in [1.165, 1.54) is 36.4 Å². The van der Waals surface area contributed by atoms with E-state index in [-0.39, 0.29) is 23.0 Å². The zero-order chi connectivity index (χ0) is 12.8. The first-order chi connectivity index (χ1) is 8.00.